The zero-order valence-electron chi connectivity index (χ0n) is 66.7. The fourth-order valence-electron chi connectivity index (χ4n) is 17.9. The van der Waals surface area contributed by atoms with E-state index in [-0.39, 0.29) is 0 Å². The van der Waals surface area contributed by atoms with Gasteiger partial charge in [-0.05, 0) is 156 Å². The lowest BCUT2D eigenvalue weighted by atomic mass is 10.00. The van der Waals surface area contributed by atoms with Gasteiger partial charge in [-0.2, -0.15) is 0 Å². The molecule has 16 aromatic carbocycles. The molecule has 25 aromatic rings. The van der Waals surface area contributed by atoms with E-state index in [1.807, 2.05) is 65.2 Å². The number of nitrogens with zero attached hydrogens (tertiary/aromatic N) is 10. The van der Waals surface area contributed by atoms with Gasteiger partial charge in [0, 0.05) is 117 Å². The lowest BCUT2D eigenvalue weighted by Crippen LogP contribution is -1.98. The Labute approximate surface area is 711 Å². The average Bonchev–Trinajstić information content (AvgIpc) is 1.59. The topological polar surface area (TPSA) is 123 Å². The molecular weight excluding hydrogens is 1520 g/mol. The van der Waals surface area contributed by atoms with E-state index in [2.05, 4.69) is 378 Å². The highest BCUT2D eigenvalue weighted by Crippen LogP contribution is 2.42. The van der Waals surface area contributed by atoms with Gasteiger partial charge < -0.3 is 22.4 Å². The third-order valence-corrected chi connectivity index (χ3v) is 24.0. The van der Waals surface area contributed by atoms with Gasteiger partial charge in [0.1, 0.15) is 33.8 Å². The van der Waals surface area contributed by atoms with Crippen LogP contribution in [0.25, 0.3) is 234 Å². The minimum absolute atomic E-state index is 0.647. The van der Waals surface area contributed by atoms with Crippen LogP contribution >= 0.6 is 0 Å². The summed E-state index contributed by atoms with van der Waals surface area (Å²) in [5.41, 5.74) is 31.2. The van der Waals surface area contributed by atoms with Gasteiger partial charge in [-0.25, -0.2) is 29.9 Å². The highest BCUT2D eigenvalue weighted by Gasteiger charge is 2.22. The molecule has 0 N–H and O–H groups in total. The quantitative estimate of drug-likeness (QED) is 0.112. The van der Waals surface area contributed by atoms with E-state index in [1.165, 1.54) is 43.6 Å². The fourth-order valence-corrected chi connectivity index (χ4v) is 17.9. The number of pyridine rings is 1. The highest BCUT2D eigenvalue weighted by atomic mass is 16.3. The highest BCUT2D eigenvalue weighted by molar-refractivity contribution is 6.11. The third kappa shape index (κ3) is 12.5. The first-order valence-electron chi connectivity index (χ1n) is 41.6. The van der Waals surface area contributed by atoms with Crippen LogP contribution in [0.5, 0.6) is 0 Å². The van der Waals surface area contributed by atoms with Crippen LogP contribution < -0.4 is 0 Å². The molecule has 124 heavy (non-hydrogen) atoms. The second kappa shape index (κ2) is 29.5. The van der Waals surface area contributed by atoms with E-state index in [0.717, 1.165) is 179 Å². The van der Waals surface area contributed by atoms with Gasteiger partial charge in [0.2, 0.25) is 0 Å². The summed E-state index contributed by atoms with van der Waals surface area (Å²) in [5, 5.41) is 9.43. The smallest absolute Gasteiger partial charge is 0.160 e. The van der Waals surface area contributed by atoms with Crippen LogP contribution in [0.1, 0.15) is 0 Å². The summed E-state index contributed by atoms with van der Waals surface area (Å²) in [5.74, 6) is 2.18. The first kappa shape index (κ1) is 71.2. The summed E-state index contributed by atoms with van der Waals surface area (Å²) < 4.78 is 21.2. The van der Waals surface area contributed by atoms with Crippen molar-refractivity contribution in [1.82, 2.24) is 48.0 Å². The van der Waals surface area contributed by atoms with Crippen molar-refractivity contribution < 1.29 is 8.83 Å². The third-order valence-electron chi connectivity index (χ3n) is 24.0. The predicted octanol–water partition coefficient (Wildman–Crippen LogP) is 28.6. The molecule has 0 unspecified atom stereocenters. The van der Waals surface area contributed by atoms with Gasteiger partial charge in [-0.1, -0.05) is 279 Å². The van der Waals surface area contributed by atoms with Crippen molar-refractivity contribution in [2.24, 2.45) is 0 Å². The molecule has 580 valence electrons. The number of rotatable bonds is 13. The molecule has 0 fully saturated rings. The van der Waals surface area contributed by atoms with Crippen LogP contribution in [0.15, 0.2) is 434 Å². The average molecular weight is 1590 g/mol. The number of benzene rings is 16. The number of hydrogen-bond acceptors (Lipinski definition) is 8. The normalized spacial score (nSPS) is 11.7. The first-order chi connectivity index (χ1) is 61.4. The second-order valence-electron chi connectivity index (χ2n) is 31.4. The minimum Gasteiger partial charge on any atom is -0.456 e. The van der Waals surface area contributed by atoms with E-state index in [1.54, 1.807) is 0 Å². The summed E-state index contributed by atoms with van der Waals surface area (Å²) in [6, 6.07) is 144. The number of imidazole rings is 2. The summed E-state index contributed by atoms with van der Waals surface area (Å²) >= 11 is 0. The number of furan rings is 2. The minimum atomic E-state index is 0.647. The first-order valence-corrected chi connectivity index (χ1v) is 41.6. The molecule has 0 amide bonds. The molecule has 0 saturated heterocycles. The van der Waals surface area contributed by atoms with E-state index in [0.29, 0.717) is 11.6 Å². The summed E-state index contributed by atoms with van der Waals surface area (Å²) in [6.45, 7) is 0. The van der Waals surface area contributed by atoms with E-state index in [4.69, 9.17) is 38.7 Å². The molecule has 0 atom stereocenters. The summed E-state index contributed by atoms with van der Waals surface area (Å²) in [4.78, 5) is 30.8. The molecule has 0 saturated carbocycles. The SMILES string of the molecule is c1ccc(-n2c(-c3ccc(-c4nc(-c5ccc(-c6ccc7oc8ccccc8c7c6)cc5)cc(-c5ccc(-n6c7ccccc7c7ccccc76)cc5)n4)cc3)nc3ccccc32)cc1.c1ccc2c(c1)oc1ccc(-c3ccc(-c4cc(-c5ccc(-n6c7ccccc7c7ccccc76)cc5)nc(-c5ccc(-c6cn7ccccc7n6)cc5)n4)cc3)cc12. The Morgan fingerprint density at radius 3 is 0.968 bits per heavy atom. The van der Waals surface area contributed by atoms with Crippen LogP contribution in [-0.4, -0.2) is 48.0 Å². The van der Waals surface area contributed by atoms with Crippen molar-refractivity contribution >= 4 is 104 Å². The predicted molar refractivity (Wildman–Crippen MR) is 505 cm³/mol. The van der Waals surface area contributed by atoms with Gasteiger partial charge in [0.15, 0.2) is 11.6 Å². The number of para-hydroxylation sites is 9. The Kier molecular flexibility index (Phi) is 17.0. The molecule has 0 radical (unpaired) electrons. The number of fused-ring (bicyclic) bond motifs is 14. The van der Waals surface area contributed by atoms with Gasteiger partial charge in [0.05, 0.1) is 61.6 Å². The Bertz CT molecular complexity index is 8310. The molecule has 12 nitrogen and oxygen atoms in total. The molecular formula is C112H70N10O2. The number of aromatic nitrogens is 10. The lowest BCUT2D eigenvalue weighted by molar-refractivity contribution is 0.668. The Balaban J connectivity index is 0.000000140. The number of hydrogen-bond donors (Lipinski definition) is 0. The summed E-state index contributed by atoms with van der Waals surface area (Å²) in [7, 11) is 0. The standard InChI is InChI=1S/C59H37N5O.C53H33N5O/c1-2-12-44(13-3-1)64-55-20-10-7-17-50(55)62-59(64)42-28-26-41(27-29-42)58-60-51(39-24-22-38(23-25-39)43-32-35-57-49(36-43)48-16-6-11-21-56(48)65-57)37-52(61-58)40-30-33-45(34-31-40)63-53-18-8-4-14-46(53)47-15-5-9-19-54(47)63;1-4-12-48-41(9-1)42-10-2-5-13-49(42)58(48)40-27-24-36(25-28-40)46-32-45(55-53(56-46)38-22-20-37(21-23-38)47-33-57-30-8-7-15-52(57)54-47)35-18-16-34(17-19-35)39-26-29-51-44(31-39)43-11-3-6-14-50(43)59-51/h1-37H;1-33H. The molecule has 0 aliphatic carbocycles. The van der Waals surface area contributed by atoms with Crippen molar-refractivity contribution in [1.29, 1.82) is 0 Å². The fraction of sp³-hybridized carbons (Fsp3) is 0. The van der Waals surface area contributed by atoms with Gasteiger partial charge in [0.25, 0.3) is 0 Å². The molecule has 9 aromatic heterocycles. The van der Waals surface area contributed by atoms with E-state index >= 15 is 0 Å². The van der Waals surface area contributed by atoms with Crippen molar-refractivity contribution in [2.45, 2.75) is 0 Å². The molecule has 0 aliphatic heterocycles. The molecule has 25 rings (SSSR count). The van der Waals surface area contributed by atoms with Gasteiger partial charge in [-0.3, -0.25) is 4.57 Å². The van der Waals surface area contributed by atoms with Gasteiger partial charge >= 0.3 is 0 Å². The zero-order valence-corrected chi connectivity index (χ0v) is 66.7. The van der Waals surface area contributed by atoms with Crippen LogP contribution in [0.4, 0.5) is 0 Å². The maximum absolute atomic E-state index is 6.12. The van der Waals surface area contributed by atoms with E-state index < -0.39 is 0 Å². The largest absolute Gasteiger partial charge is 0.456 e. The maximum Gasteiger partial charge on any atom is 0.160 e. The Morgan fingerprint density at radius 2 is 0.524 bits per heavy atom. The van der Waals surface area contributed by atoms with Crippen LogP contribution in [-0.2, 0) is 0 Å². The lowest BCUT2D eigenvalue weighted by Gasteiger charge is -2.12. The molecule has 12 heteroatoms. The zero-order chi connectivity index (χ0) is 81.7. The monoisotopic (exact) mass is 1590 g/mol. The Morgan fingerprint density at radius 1 is 0.194 bits per heavy atom. The van der Waals surface area contributed by atoms with Crippen molar-refractivity contribution in [2.75, 3.05) is 0 Å². The maximum atomic E-state index is 6.12. The molecule has 9 heterocycles. The van der Waals surface area contributed by atoms with Crippen LogP contribution in [0.3, 0.4) is 0 Å². The second-order valence-corrected chi connectivity index (χ2v) is 31.4. The Hall–Kier alpha value is -17.0. The van der Waals surface area contributed by atoms with Crippen molar-refractivity contribution in [3.63, 3.8) is 0 Å². The van der Waals surface area contributed by atoms with Crippen LogP contribution in [0, 0.1) is 0 Å². The van der Waals surface area contributed by atoms with Gasteiger partial charge in [-0.15, -0.1) is 0 Å². The molecule has 0 spiro atoms. The van der Waals surface area contributed by atoms with Crippen LogP contribution in [0.2, 0.25) is 0 Å². The van der Waals surface area contributed by atoms with Crippen molar-refractivity contribution in [3.05, 3.63) is 425 Å². The molecule has 0 bridgehead atoms. The molecule has 0 aliphatic rings. The van der Waals surface area contributed by atoms with E-state index in [9.17, 15) is 0 Å². The summed E-state index contributed by atoms with van der Waals surface area (Å²) in [6.07, 6.45) is 4.07. The van der Waals surface area contributed by atoms with Crippen molar-refractivity contribution in [3.8, 4) is 130 Å².